The van der Waals surface area contributed by atoms with E-state index in [1.807, 2.05) is 0 Å². The molecule has 0 unspecified atom stereocenters. The third-order valence-corrected chi connectivity index (χ3v) is 2.21. The third-order valence-electron chi connectivity index (χ3n) is 1.41. The molecule has 0 fully saturated rings. The molecule has 1 aromatic rings. The van der Waals surface area contributed by atoms with E-state index in [4.69, 9.17) is 0 Å². The van der Waals surface area contributed by atoms with Gasteiger partial charge in [-0.2, -0.15) is 13.2 Å². The Balaban J connectivity index is 0.000000583. The van der Waals surface area contributed by atoms with Crippen LogP contribution in [-0.2, 0) is 6.18 Å². The van der Waals surface area contributed by atoms with E-state index < -0.39 is 11.7 Å². The first-order valence-electron chi connectivity index (χ1n) is 4.67. The van der Waals surface area contributed by atoms with Crippen LogP contribution in [0, 0.1) is 0 Å². The molecule has 15 heavy (non-hydrogen) atoms. The Hall–Kier alpha value is -0.640. The molecule has 1 rings (SSSR count). The molecule has 0 aliphatic rings. The average molecular weight is 236 g/mol. The largest absolute Gasteiger partial charge is 0.417 e. The Kier molecular flexibility index (Phi) is 6.48. The first-order chi connectivity index (χ1) is 6.97. The lowest BCUT2D eigenvalue weighted by molar-refractivity contribution is -0.139. The second kappa shape index (κ2) is 6.77. The van der Waals surface area contributed by atoms with Crippen LogP contribution in [0.5, 0.6) is 0 Å². The fraction of sp³-hybridized carbons (Fsp3) is 0.455. The average Bonchev–Trinajstić information content (AvgIpc) is 2.18. The van der Waals surface area contributed by atoms with E-state index >= 15 is 0 Å². The summed E-state index contributed by atoms with van der Waals surface area (Å²) in [5.41, 5.74) is -0.558. The summed E-state index contributed by atoms with van der Waals surface area (Å²) in [4.78, 5) is 0.269. The Labute approximate surface area is 92.9 Å². The van der Waals surface area contributed by atoms with Crippen LogP contribution in [0.15, 0.2) is 29.2 Å². The molecular weight excluding hydrogens is 221 g/mol. The van der Waals surface area contributed by atoms with Gasteiger partial charge in [-0.15, -0.1) is 11.8 Å². The number of thioether (sulfide) groups is 1. The molecule has 0 atom stereocenters. The van der Waals surface area contributed by atoms with E-state index in [9.17, 15) is 13.2 Å². The number of hydrogen-bond acceptors (Lipinski definition) is 1. The molecule has 0 nitrogen and oxygen atoms in total. The minimum atomic E-state index is -4.24. The fourth-order valence-electron chi connectivity index (χ4n) is 0.879. The van der Waals surface area contributed by atoms with Gasteiger partial charge in [0, 0.05) is 4.90 Å². The van der Waals surface area contributed by atoms with Crippen molar-refractivity contribution in [3.05, 3.63) is 29.8 Å². The van der Waals surface area contributed by atoms with Crippen LogP contribution in [0.2, 0.25) is 0 Å². The van der Waals surface area contributed by atoms with Crippen LogP contribution in [0.25, 0.3) is 0 Å². The number of hydrogen-bond donors (Lipinski definition) is 0. The molecule has 0 aliphatic carbocycles. The van der Waals surface area contributed by atoms with E-state index in [1.54, 1.807) is 12.3 Å². The van der Waals surface area contributed by atoms with Crippen molar-refractivity contribution in [2.75, 3.05) is 6.26 Å². The van der Waals surface area contributed by atoms with Gasteiger partial charge in [-0.25, -0.2) is 0 Å². The minimum absolute atomic E-state index is 0.269. The van der Waals surface area contributed by atoms with Gasteiger partial charge in [0.2, 0.25) is 0 Å². The molecule has 0 saturated carbocycles. The highest BCUT2D eigenvalue weighted by molar-refractivity contribution is 7.98. The topological polar surface area (TPSA) is 0 Å². The summed E-state index contributed by atoms with van der Waals surface area (Å²) >= 11 is 1.10. The minimum Gasteiger partial charge on any atom is -0.166 e. The Morgan fingerprint density at radius 1 is 1.13 bits per heavy atom. The fourth-order valence-corrected chi connectivity index (χ4v) is 1.50. The number of alkyl halides is 3. The van der Waals surface area contributed by atoms with Crippen LogP contribution >= 0.6 is 11.8 Å². The zero-order valence-electron chi connectivity index (χ0n) is 9.06. The highest BCUT2D eigenvalue weighted by Crippen LogP contribution is 2.35. The molecule has 0 radical (unpaired) electrons. The predicted octanol–water partition coefficient (Wildman–Crippen LogP) is 4.84. The van der Waals surface area contributed by atoms with Crippen LogP contribution in [0.4, 0.5) is 13.2 Å². The molecule has 4 heteroatoms. The molecular formula is C11H15F3S. The van der Waals surface area contributed by atoms with Crippen molar-refractivity contribution in [1.29, 1.82) is 0 Å². The summed E-state index contributed by atoms with van der Waals surface area (Å²) in [6.45, 7) is 4.25. The van der Waals surface area contributed by atoms with E-state index in [-0.39, 0.29) is 4.90 Å². The van der Waals surface area contributed by atoms with Crippen LogP contribution in [0.1, 0.15) is 25.8 Å². The quantitative estimate of drug-likeness (QED) is 0.628. The summed E-state index contributed by atoms with van der Waals surface area (Å²) in [5, 5.41) is 0. The van der Waals surface area contributed by atoms with Crippen molar-refractivity contribution in [2.45, 2.75) is 31.3 Å². The summed E-state index contributed by atoms with van der Waals surface area (Å²) in [7, 11) is 0. The normalized spacial score (nSPS) is 10.5. The van der Waals surface area contributed by atoms with Crippen molar-refractivity contribution < 1.29 is 13.2 Å². The molecule has 0 N–H and O–H groups in total. The zero-order valence-corrected chi connectivity index (χ0v) is 9.88. The van der Waals surface area contributed by atoms with Crippen molar-refractivity contribution in [3.63, 3.8) is 0 Å². The molecule has 0 spiro atoms. The SMILES string of the molecule is CCC.CSc1ccccc1C(F)(F)F. The second-order valence-electron chi connectivity index (χ2n) is 2.91. The zero-order chi connectivity index (χ0) is 11.9. The lowest BCUT2D eigenvalue weighted by atomic mass is 10.2. The van der Waals surface area contributed by atoms with Crippen LogP contribution in [0.3, 0.4) is 0 Å². The molecule has 86 valence electrons. The first kappa shape index (κ1) is 14.4. The predicted molar refractivity (Wildman–Crippen MR) is 59.2 cm³/mol. The van der Waals surface area contributed by atoms with E-state index in [0.29, 0.717) is 0 Å². The third kappa shape index (κ3) is 5.11. The lowest BCUT2D eigenvalue weighted by Gasteiger charge is -2.09. The second-order valence-corrected chi connectivity index (χ2v) is 3.75. The maximum Gasteiger partial charge on any atom is 0.417 e. The van der Waals surface area contributed by atoms with Crippen LogP contribution < -0.4 is 0 Å². The van der Waals surface area contributed by atoms with Gasteiger partial charge in [0.05, 0.1) is 5.56 Å². The summed E-state index contributed by atoms with van der Waals surface area (Å²) in [6, 6.07) is 5.54. The number of rotatable bonds is 1. The Bertz CT molecular complexity index is 281. The monoisotopic (exact) mass is 236 g/mol. The van der Waals surface area contributed by atoms with Crippen molar-refractivity contribution in [2.24, 2.45) is 0 Å². The molecule has 0 bridgehead atoms. The highest BCUT2D eigenvalue weighted by Gasteiger charge is 2.32. The van der Waals surface area contributed by atoms with Crippen molar-refractivity contribution in [3.8, 4) is 0 Å². The van der Waals surface area contributed by atoms with Crippen molar-refractivity contribution >= 4 is 11.8 Å². The summed E-state index contributed by atoms with van der Waals surface area (Å²) < 4.78 is 36.7. The van der Waals surface area contributed by atoms with Gasteiger partial charge in [0.25, 0.3) is 0 Å². The van der Waals surface area contributed by atoms with Gasteiger partial charge in [0.1, 0.15) is 0 Å². The molecule has 0 aliphatic heterocycles. The van der Waals surface area contributed by atoms with E-state index in [2.05, 4.69) is 13.8 Å². The van der Waals surface area contributed by atoms with Gasteiger partial charge in [0.15, 0.2) is 0 Å². The van der Waals surface area contributed by atoms with Gasteiger partial charge in [-0.05, 0) is 18.4 Å². The Morgan fingerprint density at radius 3 is 1.93 bits per heavy atom. The Morgan fingerprint density at radius 2 is 1.60 bits per heavy atom. The van der Waals surface area contributed by atoms with E-state index in [1.165, 1.54) is 18.6 Å². The molecule has 0 aromatic heterocycles. The van der Waals surface area contributed by atoms with Gasteiger partial charge in [-0.1, -0.05) is 32.4 Å². The number of benzene rings is 1. The van der Waals surface area contributed by atoms with Gasteiger partial charge >= 0.3 is 6.18 Å². The summed E-state index contributed by atoms with van der Waals surface area (Å²) in [5.74, 6) is 0. The molecule has 0 amide bonds. The first-order valence-corrected chi connectivity index (χ1v) is 5.90. The summed E-state index contributed by atoms with van der Waals surface area (Å²) in [6.07, 6.45) is -1.36. The highest BCUT2D eigenvalue weighted by atomic mass is 32.2. The lowest BCUT2D eigenvalue weighted by Crippen LogP contribution is -2.05. The van der Waals surface area contributed by atoms with Crippen molar-refractivity contribution in [1.82, 2.24) is 0 Å². The smallest absolute Gasteiger partial charge is 0.166 e. The maximum atomic E-state index is 12.2. The van der Waals surface area contributed by atoms with E-state index in [0.717, 1.165) is 17.8 Å². The number of halogens is 3. The van der Waals surface area contributed by atoms with Gasteiger partial charge in [-0.3, -0.25) is 0 Å². The van der Waals surface area contributed by atoms with Gasteiger partial charge < -0.3 is 0 Å². The molecule has 0 saturated heterocycles. The molecule has 0 heterocycles. The molecule has 1 aromatic carbocycles. The standard InChI is InChI=1S/C8H7F3S.C3H8/c1-12-7-5-3-2-4-6(7)8(9,10)11;1-3-2/h2-5H,1H3;3H2,1-2H3. The van der Waals surface area contributed by atoms with Crippen LogP contribution in [-0.4, -0.2) is 6.26 Å². The maximum absolute atomic E-state index is 12.2.